The number of carbonyl (C=O) groups excluding carboxylic acids is 7. The van der Waals surface area contributed by atoms with Crippen molar-refractivity contribution < 1.29 is 53.7 Å². The van der Waals surface area contributed by atoms with Gasteiger partial charge in [0.15, 0.2) is 0 Å². The molecule has 0 saturated carbocycles. The van der Waals surface area contributed by atoms with Crippen LogP contribution in [0.15, 0.2) is 48.5 Å². The largest absolute Gasteiger partial charge is 0.508 e. The van der Waals surface area contributed by atoms with Crippen molar-refractivity contribution >= 4 is 59.1 Å². The molecule has 20 nitrogen and oxygen atoms in total. The number of aromatic hydroxyl groups is 2. The number of aliphatic carboxylic acids is 1. The first-order chi connectivity index (χ1) is 31.3. The van der Waals surface area contributed by atoms with Crippen LogP contribution < -0.4 is 43.8 Å². The third-order valence-corrected chi connectivity index (χ3v) is 11.7. The van der Waals surface area contributed by atoms with E-state index in [0.29, 0.717) is 62.1 Å². The Hall–Kier alpha value is -5.93. The van der Waals surface area contributed by atoms with Crippen molar-refractivity contribution in [3.8, 4) is 11.5 Å². The molecule has 0 unspecified atom stereocenters. The second-order valence-electron chi connectivity index (χ2n) is 16.9. The van der Waals surface area contributed by atoms with Gasteiger partial charge in [-0.3, -0.25) is 33.6 Å². The summed E-state index contributed by atoms with van der Waals surface area (Å²) < 4.78 is 0. The number of benzene rings is 2. The number of nitrogens with zero attached hydrogens (tertiary/aromatic N) is 1. The summed E-state index contributed by atoms with van der Waals surface area (Å²) in [5.41, 5.74) is 18.1. The number of phenolic OH excluding ortho intramolecular Hbond substituents is 2. The van der Waals surface area contributed by atoms with E-state index >= 15 is 0 Å². The fraction of sp³-hybridized carbons (Fsp3) is 0.556. The van der Waals surface area contributed by atoms with E-state index in [9.17, 15) is 53.7 Å². The average Bonchev–Trinajstić information content (AvgIpc) is 3.77. The smallest absolute Gasteiger partial charge is 0.326 e. The summed E-state index contributed by atoms with van der Waals surface area (Å²) in [5.74, 6) is -6.01. The normalized spacial score (nSPS) is 16.2. The van der Waals surface area contributed by atoms with Crippen LogP contribution in [0.5, 0.6) is 11.5 Å². The number of phenols is 2. The van der Waals surface area contributed by atoms with Gasteiger partial charge in [0, 0.05) is 25.8 Å². The standard InChI is InChI=1S/C45H67N9O11S/c1-26(2)23-34(40(59)50-33(45(64)65)17-18-38(48)57)51-41(60)36(25-28-11-15-30(56)16-12-28)53-42(61)35(24-27-9-13-29(55)14-10-27)52-39(58)32(7-4-5-20-46)49-43(62)37-8-6-21-54(37)44(63)31(47)19-22-66-3/h9-16,26,31-37,55-56H,4-8,17-25,46-47H2,1-3H3,(H2,48,57)(H,49,62)(H,50,59)(H,51,60)(H,52,58)(H,53,61)(H,64,65)/t31-,32-,33-,34-,35-,36-,37-/m0/s1. The third-order valence-electron chi connectivity index (χ3n) is 11.0. The van der Waals surface area contributed by atoms with Gasteiger partial charge in [-0.05, 0) is 111 Å². The number of carboxylic acid groups (broad SMARTS) is 1. The number of rotatable bonds is 28. The molecule has 0 spiro atoms. The van der Waals surface area contributed by atoms with Crippen molar-refractivity contribution in [1.82, 2.24) is 31.5 Å². The number of hydrogen-bond donors (Lipinski definition) is 11. The van der Waals surface area contributed by atoms with Gasteiger partial charge in [0.25, 0.3) is 0 Å². The maximum absolute atomic E-state index is 14.5. The van der Waals surface area contributed by atoms with Gasteiger partial charge in [0.2, 0.25) is 41.4 Å². The summed E-state index contributed by atoms with van der Waals surface area (Å²) in [7, 11) is 0. The number of primary amides is 1. The predicted octanol–water partition coefficient (Wildman–Crippen LogP) is -0.0964. The number of hydrogen-bond acceptors (Lipinski definition) is 13. The van der Waals surface area contributed by atoms with Gasteiger partial charge < -0.3 is 64.0 Å². The molecule has 1 heterocycles. The second-order valence-corrected chi connectivity index (χ2v) is 17.9. The number of carbonyl (C=O) groups is 8. The molecule has 2 aromatic carbocycles. The van der Waals surface area contributed by atoms with Crippen LogP contribution in [-0.4, -0.2) is 135 Å². The lowest BCUT2D eigenvalue weighted by Crippen LogP contribution is -2.60. The highest BCUT2D eigenvalue weighted by atomic mass is 32.2. The lowest BCUT2D eigenvalue weighted by molar-refractivity contribution is -0.142. The Balaban J connectivity index is 1.96. The Morgan fingerprint density at radius 3 is 1.70 bits per heavy atom. The molecular formula is C45H67N9O11S. The van der Waals surface area contributed by atoms with Crippen LogP contribution in [0.3, 0.4) is 0 Å². The molecule has 1 fully saturated rings. The van der Waals surface area contributed by atoms with Crippen molar-refractivity contribution in [2.24, 2.45) is 23.1 Å². The maximum atomic E-state index is 14.5. The molecule has 1 aliphatic heterocycles. The van der Waals surface area contributed by atoms with E-state index in [1.165, 1.54) is 41.3 Å². The van der Waals surface area contributed by atoms with E-state index in [2.05, 4.69) is 26.6 Å². The number of thioether (sulfide) groups is 1. The van der Waals surface area contributed by atoms with Gasteiger partial charge >= 0.3 is 5.97 Å². The van der Waals surface area contributed by atoms with E-state index in [0.717, 1.165) is 0 Å². The predicted molar refractivity (Wildman–Crippen MR) is 247 cm³/mol. The highest BCUT2D eigenvalue weighted by molar-refractivity contribution is 7.98. The summed E-state index contributed by atoms with van der Waals surface area (Å²) in [4.78, 5) is 109. The van der Waals surface area contributed by atoms with Gasteiger partial charge in [-0.2, -0.15) is 11.8 Å². The zero-order valence-corrected chi connectivity index (χ0v) is 38.6. The van der Waals surface area contributed by atoms with Crippen molar-refractivity contribution in [2.75, 3.05) is 25.1 Å². The van der Waals surface area contributed by atoms with Crippen LogP contribution in [0.2, 0.25) is 0 Å². The lowest BCUT2D eigenvalue weighted by Gasteiger charge is -2.29. The molecule has 21 heteroatoms. The van der Waals surface area contributed by atoms with Gasteiger partial charge in [-0.1, -0.05) is 38.1 Å². The van der Waals surface area contributed by atoms with Gasteiger partial charge in [0.1, 0.15) is 47.8 Å². The highest BCUT2D eigenvalue weighted by Gasteiger charge is 2.38. The highest BCUT2D eigenvalue weighted by Crippen LogP contribution is 2.21. The number of nitrogens with one attached hydrogen (secondary N) is 5. The maximum Gasteiger partial charge on any atom is 0.326 e. The number of likely N-dealkylation sites (tertiary alicyclic amines) is 1. The number of amides is 7. The van der Waals surface area contributed by atoms with E-state index in [1.54, 1.807) is 37.7 Å². The van der Waals surface area contributed by atoms with E-state index in [-0.39, 0.29) is 61.8 Å². The Morgan fingerprint density at radius 2 is 1.21 bits per heavy atom. The molecule has 0 bridgehead atoms. The van der Waals surface area contributed by atoms with E-state index in [4.69, 9.17) is 17.2 Å². The zero-order valence-electron chi connectivity index (χ0n) is 37.8. The first-order valence-corrected chi connectivity index (χ1v) is 23.6. The Labute approximate surface area is 389 Å². The van der Waals surface area contributed by atoms with Crippen molar-refractivity contribution in [2.45, 2.75) is 127 Å². The molecule has 0 radical (unpaired) electrons. The van der Waals surface area contributed by atoms with Gasteiger partial charge in [-0.15, -0.1) is 0 Å². The van der Waals surface area contributed by atoms with Crippen LogP contribution in [0.1, 0.15) is 82.8 Å². The summed E-state index contributed by atoms with van der Waals surface area (Å²) in [6, 6.07) is 3.26. The average molecular weight is 942 g/mol. The Bertz CT molecular complexity index is 1950. The third kappa shape index (κ3) is 18.2. The molecule has 364 valence electrons. The fourth-order valence-corrected chi connectivity index (χ4v) is 7.89. The SMILES string of the molecule is CSCC[C@H](N)C(=O)N1CCC[C@H]1C(=O)N[C@@H](CCCCN)C(=O)N[C@@H](Cc1ccc(O)cc1)C(=O)N[C@@H](Cc1ccc(O)cc1)C(=O)N[C@@H](CC(C)C)C(=O)N[C@@H](CCC(N)=O)C(=O)O. The van der Waals surface area contributed by atoms with Crippen LogP contribution in [0.4, 0.5) is 0 Å². The second kappa shape index (κ2) is 27.5. The topological polar surface area (TPSA) is 339 Å². The first kappa shape index (κ1) is 54.4. The molecule has 0 aromatic heterocycles. The molecule has 0 aliphatic carbocycles. The van der Waals surface area contributed by atoms with Crippen LogP contribution in [-0.2, 0) is 51.2 Å². The summed E-state index contributed by atoms with van der Waals surface area (Å²) in [6.45, 7) is 4.19. The number of unbranched alkanes of at least 4 members (excludes halogenated alkanes) is 1. The van der Waals surface area contributed by atoms with Crippen LogP contribution in [0.25, 0.3) is 0 Å². The summed E-state index contributed by atoms with van der Waals surface area (Å²) >= 11 is 1.55. The first-order valence-electron chi connectivity index (χ1n) is 22.2. The minimum Gasteiger partial charge on any atom is -0.508 e. The minimum atomic E-state index is -1.50. The molecule has 2 aromatic rings. The van der Waals surface area contributed by atoms with Crippen molar-refractivity contribution in [3.05, 3.63) is 59.7 Å². The molecule has 7 atom stereocenters. The quantitative estimate of drug-likeness (QED) is 0.0497. The molecule has 14 N–H and O–H groups in total. The molecule has 1 aliphatic rings. The molecule has 3 rings (SSSR count). The Morgan fingerprint density at radius 1 is 0.712 bits per heavy atom. The summed E-state index contributed by atoms with van der Waals surface area (Å²) in [5, 5.41) is 42.9. The van der Waals surface area contributed by atoms with E-state index < -0.39 is 83.7 Å². The zero-order chi connectivity index (χ0) is 48.9. The van der Waals surface area contributed by atoms with Gasteiger partial charge in [-0.25, -0.2) is 4.79 Å². The van der Waals surface area contributed by atoms with Crippen LogP contribution in [0, 0.1) is 5.92 Å². The molecular weight excluding hydrogens is 875 g/mol. The summed E-state index contributed by atoms with van der Waals surface area (Å²) in [6.07, 6.45) is 3.43. The van der Waals surface area contributed by atoms with Crippen molar-refractivity contribution in [1.29, 1.82) is 0 Å². The lowest BCUT2D eigenvalue weighted by atomic mass is 9.99. The monoisotopic (exact) mass is 941 g/mol. The minimum absolute atomic E-state index is 0.0496. The van der Waals surface area contributed by atoms with Crippen LogP contribution >= 0.6 is 11.8 Å². The number of carboxylic acids is 1. The Kier molecular flexibility index (Phi) is 22.7. The molecule has 7 amide bonds. The van der Waals surface area contributed by atoms with Crippen molar-refractivity contribution in [3.63, 3.8) is 0 Å². The molecule has 1 saturated heterocycles. The van der Waals surface area contributed by atoms with E-state index in [1.807, 2.05) is 6.26 Å². The fourth-order valence-electron chi connectivity index (χ4n) is 7.40. The number of nitrogens with two attached hydrogens (primary N) is 3. The molecule has 66 heavy (non-hydrogen) atoms. The van der Waals surface area contributed by atoms with Gasteiger partial charge in [0.05, 0.1) is 6.04 Å².